The minimum absolute atomic E-state index is 0.0513. The van der Waals surface area contributed by atoms with E-state index >= 15 is 0 Å². The van der Waals surface area contributed by atoms with Gasteiger partial charge in [0.1, 0.15) is 5.84 Å². The standard InChI is InChI=1S/C9H19N3O3/c1-7(9(10)12-14)6-11-8(13)4-3-5-15-2/h7,14H,3-6H2,1-2H3,(H2,10,12)(H,11,13). The zero-order valence-corrected chi connectivity index (χ0v) is 9.19. The zero-order chi connectivity index (χ0) is 11.7. The first-order valence-corrected chi connectivity index (χ1v) is 4.84. The SMILES string of the molecule is COCCCC(=O)NCC(C)C(N)=NO. The lowest BCUT2D eigenvalue weighted by Crippen LogP contribution is -2.34. The molecule has 15 heavy (non-hydrogen) atoms. The molecule has 0 bridgehead atoms. The van der Waals surface area contributed by atoms with E-state index in [0.717, 1.165) is 0 Å². The Hall–Kier alpha value is -1.30. The molecule has 0 aromatic rings. The van der Waals surface area contributed by atoms with E-state index in [0.29, 0.717) is 26.0 Å². The number of hydrogen-bond donors (Lipinski definition) is 3. The third kappa shape index (κ3) is 6.73. The summed E-state index contributed by atoms with van der Waals surface area (Å²) in [5, 5.41) is 13.9. The zero-order valence-electron chi connectivity index (χ0n) is 9.19. The van der Waals surface area contributed by atoms with Crippen molar-refractivity contribution in [2.24, 2.45) is 16.8 Å². The first-order chi connectivity index (χ1) is 7.11. The van der Waals surface area contributed by atoms with Crippen LogP contribution in [0.25, 0.3) is 0 Å². The summed E-state index contributed by atoms with van der Waals surface area (Å²) in [7, 11) is 1.60. The Labute approximate surface area is 89.5 Å². The minimum atomic E-state index is -0.165. The lowest BCUT2D eigenvalue weighted by molar-refractivity contribution is -0.121. The predicted molar refractivity (Wildman–Crippen MR) is 56.7 cm³/mol. The van der Waals surface area contributed by atoms with Crippen molar-refractivity contribution in [3.63, 3.8) is 0 Å². The lowest BCUT2D eigenvalue weighted by atomic mass is 10.1. The minimum Gasteiger partial charge on any atom is -0.409 e. The van der Waals surface area contributed by atoms with Crippen LogP contribution < -0.4 is 11.1 Å². The molecule has 6 nitrogen and oxygen atoms in total. The number of carbonyl (C=O) groups is 1. The average Bonchev–Trinajstić information content (AvgIpc) is 2.25. The molecule has 0 fully saturated rings. The van der Waals surface area contributed by atoms with Crippen LogP contribution in [0.15, 0.2) is 5.16 Å². The normalized spacial score (nSPS) is 13.6. The highest BCUT2D eigenvalue weighted by molar-refractivity contribution is 5.83. The van der Waals surface area contributed by atoms with Crippen LogP contribution in [0.2, 0.25) is 0 Å². The first-order valence-electron chi connectivity index (χ1n) is 4.84. The molecule has 0 spiro atoms. The van der Waals surface area contributed by atoms with Gasteiger partial charge in [-0.2, -0.15) is 0 Å². The molecule has 0 rings (SSSR count). The van der Waals surface area contributed by atoms with Crippen LogP contribution in [0.1, 0.15) is 19.8 Å². The van der Waals surface area contributed by atoms with Crippen LogP contribution in [0.5, 0.6) is 0 Å². The fourth-order valence-corrected chi connectivity index (χ4v) is 0.936. The third-order valence-electron chi connectivity index (χ3n) is 1.98. The summed E-state index contributed by atoms with van der Waals surface area (Å²) in [6.45, 7) is 2.72. The second-order valence-corrected chi connectivity index (χ2v) is 3.33. The Balaban J connectivity index is 3.62. The van der Waals surface area contributed by atoms with E-state index in [4.69, 9.17) is 15.7 Å². The summed E-state index contributed by atoms with van der Waals surface area (Å²) < 4.78 is 4.82. The maximum Gasteiger partial charge on any atom is 0.220 e. The number of nitrogens with two attached hydrogens (primary N) is 1. The summed E-state index contributed by atoms with van der Waals surface area (Å²) >= 11 is 0. The van der Waals surface area contributed by atoms with Gasteiger partial charge in [0.2, 0.25) is 5.91 Å². The van der Waals surface area contributed by atoms with E-state index in [1.165, 1.54) is 0 Å². The molecule has 88 valence electrons. The molecule has 1 amide bonds. The molecule has 0 aliphatic carbocycles. The maximum atomic E-state index is 11.2. The van der Waals surface area contributed by atoms with E-state index < -0.39 is 0 Å². The van der Waals surface area contributed by atoms with Gasteiger partial charge in [0.05, 0.1) is 0 Å². The molecule has 0 aromatic carbocycles. The highest BCUT2D eigenvalue weighted by Gasteiger charge is 2.09. The van der Waals surface area contributed by atoms with Gasteiger partial charge in [-0.15, -0.1) is 0 Å². The second kappa shape index (κ2) is 8.05. The molecule has 4 N–H and O–H groups in total. The largest absolute Gasteiger partial charge is 0.409 e. The molecular formula is C9H19N3O3. The van der Waals surface area contributed by atoms with Crippen LogP contribution in [0.4, 0.5) is 0 Å². The Kier molecular flexibility index (Phi) is 7.35. The first kappa shape index (κ1) is 13.7. The molecular weight excluding hydrogens is 198 g/mol. The topological polar surface area (TPSA) is 96.9 Å². The smallest absolute Gasteiger partial charge is 0.220 e. The van der Waals surface area contributed by atoms with E-state index in [9.17, 15) is 4.79 Å². The number of nitrogens with one attached hydrogen (secondary N) is 1. The Morgan fingerprint density at radius 3 is 2.87 bits per heavy atom. The van der Waals surface area contributed by atoms with Gasteiger partial charge in [0.25, 0.3) is 0 Å². The number of amidine groups is 1. The summed E-state index contributed by atoms with van der Waals surface area (Å²) in [6, 6.07) is 0. The van der Waals surface area contributed by atoms with E-state index in [1.807, 2.05) is 0 Å². The maximum absolute atomic E-state index is 11.2. The molecule has 0 saturated carbocycles. The highest BCUT2D eigenvalue weighted by atomic mass is 16.5. The van der Waals surface area contributed by atoms with Crippen LogP contribution >= 0.6 is 0 Å². The average molecular weight is 217 g/mol. The molecule has 0 heterocycles. The number of ether oxygens (including phenoxy) is 1. The molecule has 0 saturated heterocycles. The van der Waals surface area contributed by atoms with Gasteiger partial charge in [-0.05, 0) is 6.42 Å². The van der Waals surface area contributed by atoms with Crippen molar-refractivity contribution >= 4 is 11.7 Å². The van der Waals surface area contributed by atoms with Gasteiger partial charge in [0, 0.05) is 32.6 Å². The Morgan fingerprint density at radius 2 is 2.33 bits per heavy atom. The van der Waals surface area contributed by atoms with Gasteiger partial charge in [-0.25, -0.2) is 0 Å². The number of hydrogen-bond acceptors (Lipinski definition) is 4. The predicted octanol–water partition coefficient (Wildman–Crippen LogP) is -0.0883. The number of methoxy groups -OCH3 is 1. The van der Waals surface area contributed by atoms with E-state index in [2.05, 4.69) is 10.5 Å². The summed E-state index contributed by atoms with van der Waals surface area (Å²) in [4.78, 5) is 11.2. The van der Waals surface area contributed by atoms with Gasteiger partial charge in [0.15, 0.2) is 0 Å². The lowest BCUT2D eigenvalue weighted by Gasteiger charge is -2.10. The monoisotopic (exact) mass is 217 g/mol. The number of rotatable bonds is 7. The van der Waals surface area contributed by atoms with Crippen molar-refractivity contribution in [3.05, 3.63) is 0 Å². The summed E-state index contributed by atoms with van der Waals surface area (Å²) in [6.07, 6.45) is 1.12. The van der Waals surface area contributed by atoms with Crippen LogP contribution in [0.3, 0.4) is 0 Å². The van der Waals surface area contributed by atoms with Crippen molar-refractivity contribution in [2.75, 3.05) is 20.3 Å². The van der Waals surface area contributed by atoms with Crippen molar-refractivity contribution in [1.29, 1.82) is 0 Å². The fourth-order valence-electron chi connectivity index (χ4n) is 0.936. The molecule has 1 atom stereocenters. The van der Waals surface area contributed by atoms with Crippen molar-refractivity contribution < 1.29 is 14.7 Å². The van der Waals surface area contributed by atoms with Crippen molar-refractivity contribution in [2.45, 2.75) is 19.8 Å². The molecule has 0 radical (unpaired) electrons. The summed E-state index contributed by atoms with van der Waals surface area (Å²) in [5.74, 6) is -0.0989. The van der Waals surface area contributed by atoms with Crippen molar-refractivity contribution in [3.8, 4) is 0 Å². The molecule has 1 unspecified atom stereocenters. The second-order valence-electron chi connectivity index (χ2n) is 3.33. The highest BCUT2D eigenvalue weighted by Crippen LogP contribution is 1.94. The van der Waals surface area contributed by atoms with Crippen LogP contribution in [0, 0.1) is 5.92 Å². The van der Waals surface area contributed by atoms with Crippen molar-refractivity contribution in [1.82, 2.24) is 5.32 Å². The van der Waals surface area contributed by atoms with Gasteiger partial charge < -0.3 is 21.0 Å². The summed E-state index contributed by atoms with van der Waals surface area (Å²) in [5.41, 5.74) is 5.35. The number of nitrogens with zero attached hydrogens (tertiary/aromatic N) is 1. The van der Waals surface area contributed by atoms with Gasteiger partial charge >= 0.3 is 0 Å². The van der Waals surface area contributed by atoms with E-state index in [1.54, 1.807) is 14.0 Å². The number of amides is 1. The molecule has 0 aliphatic heterocycles. The quantitative estimate of drug-likeness (QED) is 0.182. The number of carbonyl (C=O) groups excluding carboxylic acids is 1. The van der Waals surface area contributed by atoms with E-state index in [-0.39, 0.29) is 17.7 Å². The molecule has 0 aromatic heterocycles. The van der Waals surface area contributed by atoms with Gasteiger partial charge in [-0.3, -0.25) is 4.79 Å². The Morgan fingerprint density at radius 1 is 1.67 bits per heavy atom. The molecule has 0 aliphatic rings. The number of oxime groups is 1. The molecule has 6 heteroatoms. The van der Waals surface area contributed by atoms with Crippen LogP contribution in [-0.4, -0.2) is 37.2 Å². The van der Waals surface area contributed by atoms with Crippen LogP contribution in [-0.2, 0) is 9.53 Å². The third-order valence-corrected chi connectivity index (χ3v) is 1.98. The van der Waals surface area contributed by atoms with Gasteiger partial charge in [-0.1, -0.05) is 12.1 Å². The fraction of sp³-hybridized carbons (Fsp3) is 0.778. The Bertz CT molecular complexity index is 219.